The molecular formula is C13H14N4O. The lowest BCUT2D eigenvalue weighted by molar-refractivity contribution is -0.117. The first-order valence-corrected chi connectivity index (χ1v) is 5.58. The summed E-state index contributed by atoms with van der Waals surface area (Å²) in [6, 6.07) is 9.71. The molecule has 0 fully saturated rings. The predicted molar refractivity (Wildman–Crippen MR) is 70.4 cm³/mol. The van der Waals surface area contributed by atoms with Gasteiger partial charge < -0.3 is 11.1 Å². The molecule has 1 aromatic heterocycles. The van der Waals surface area contributed by atoms with Crippen LogP contribution in [-0.4, -0.2) is 23.3 Å². The fourth-order valence-electron chi connectivity index (χ4n) is 1.70. The van der Waals surface area contributed by atoms with E-state index in [-0.39, 0.29) is 24.7 Å². The van der Waals surface area contributed by atoms with Crippen LogP contribution < -0.4 is 11.1 Å². The van der Waals surface area contributed by atoms with Crippen LogP contribution in [0.4, 0.5) is 0 Å². The maximum atomic E-state index is 11.6. The molecule has 92 valence electrons. The van der Waals surface area contributed by atoms with Crippen molar-refractivity contribution in [3.05, 3.63) is 42.1 Å². The molecule has 0 spiro atoms. The molecule has 0 aliphatic carbocycles. The first-order valence-electron chi connectivity index (χ1n) is 5.58. The summed E-state index contributed by atoms with van der Waals surface area (Å²) in [5, 5.41) is 10.5. The van der Waals surface area contributed by atoms with Gasteiger partial charge >= 0.3 is 0 Å². The number of Topliss-reactive ketones (excluding diaryl/α,β-unsaturated/α-hetero) is 1. The van der Waals surface area contributed by atoms with E-state index < -0.39 is 0 Å². The Hall–Kier alpha value is -2.43. The van der Waals surface area contributed by atoms with E-state index >= 15 is 0 Å². The SMILES string of the molecule is N=C(N)NCC(=O)Cc1cnc2ccccc2c1. The van der Waals surface area contributed by atoms with Crippen molar-refractivity contribution in [2.24, 2.45) is 5.73 Å². The third-order valence-electron chi connectivity index (χ3n) is 2.52. The van der Waals surface area contributed by atoms with Gasteiger partial charge in [0.2, 0.25) is 0 Å². The van der Waals surface area contributed by atoms with E-state index in [9.17, 15) is 4.79 Å². The van der Waals surface area contributed by atoms with Gasteiger partial charge in [-0.25, -0.2) is 0 Å². The second kappa shape index (κ2) is 5.27. The van der Waals surface area contributed by atoms with E-state index in [1.807, 2.05) is 30.3 Å². The quantitative estimate of drug-likeness (QED) is 0.547. The maximum Gasteiger partial charge on any atom is 0.186 e. The van der Waals surface area contributed by atoms with Crippen molar-refractivity contribution < 1.29 is 4.79 Å². The predicted octanol–water partition coefficient (Wildman–Crippen LogP) is 0.829. The Morgan fingerprint density at radius 2 is 2.17 bits per heavy atom. The number of aromatic nitrogens is 1. The van der Waals surface area contributed by atoms with Crippen molar-refractivity contribution in [2.45, 2.75) is 6.42 Å². The van der Waals surface area contributed by atoms with Crippen molar-refractivity contribution in [3.8, 4) is 0 Å². The molecule has 0 saturated carbocycles. The van der Waals surface area contributed by atoms with Crippen molar-refractivity contribution in [3.63, 3.8) is 0 Å². The van der Waals surface area contributed by atoms with Gasteiger partial charge in [-0.3, -0.25) is 15.2 Å². The molecule has 0 saturated heterocycles. The van der Waals surface area contributed by atoms with Crippen molar-refractivity contribution in [1.82, 2.24) is 10.3 Å². The first kappa shape index (κ1) is 12.0. The summed E-state index contributed by atoms with van der Waals surface area (Å²) in [6.07, 6.45) is 1.99. The summed E-state index contributed by atoms with van der Waals surface area (Å²) in [7, 11) is 0. The highest BCUT2D eigenvalue weighted by molar-refractivity contribution is 5.88. The number of nitrogens with zero attached hydrogens (tertiary/aromatic N) is 1. The number of pyridine rings is 1. The zero-order valence-corrected chi connectivity index (χ0v) is 9.81. The van der Waals surface area contributed by atoms with Gasteiger partial charge in [0.15, 0.2) is 11.7 Å². The average Bonchev–Trinajstić information content (AvgIpc) is 2.36. The van der Waals surface area contributed by atoms with E-state index in [0.717, 1.165) is 16.5 Å². The fourth-order valence-corrected chi connectivity index (χ4v) is 1.70. The van der Waals surface area contributed by atoms with Gasteiger partial charge in [-0.1, -0.05) is 18.2 Å². The Bertz CT molecular complexity index is 594. The molecule has 0 aliphatic heterocycles. The number of nitrogens with two attached hydrogens (primary N) is 1. The molecule has 0 amide bonds. The molecule has 2 aromatic rings. The van der Waals surface area contributed by atoms with Crippen LogP contribution in [0.2, 0.25) is 0 Å². The number of para-hydroxylation sites is 1. The summed E-state index contributed by atoms with van der Waals surface area (Å²) >= 11 is 0. The molecule has 0 radical (unpaired) electrons. The highest BCUT2D eigenvalue weighted by Crippen LogP contribution is 2.12. The van der Waals surface area contributed by atoms with E-state index in [1.54, 1.807) is 6.20 Å². The van der Waals surface area contributed by atoms with E-state index in [0.29, 0.717) is 0 Å². The van der Waals surface area contributed by atoms with E-state index in [4.69, 9.17) is 11.1 Å². The summed E-state index contributed by atoms with van der Waals surface area (Å²) in [5.41, 5.74) is 6.89. The van der Waals surface area contributed by atoms with Crippen LogP contribution in [0, 0.1) is 5.41 Å². The van der Waals surface area contributed by atoms with E-state index in [2.05, 4.69) is 10.3 Å². The lowest BCUT2D eigenvalue weighted by atomic mass is 10.1. The van der Waals surface area contributed by atoms with Crippen molar-refractivity contribution in [1.29, 1.82) is 5.41 Å². The number of nitrogens with one attached hydrogen (secondary N) is 2. The van der Waals surface area contributed by atoms with Crippen LogP contribution in [0.25, 0.3) is 10.9 Å². The summed E-state index contributed by atoms with van der Waals surface area (Å²) in [6.45, 7) is 0.0716. The van der Waals surface area contributed by atoms with Gasteiger partial charge in [-0.15, -0.1) is 0 Å². The van der Waals surface area contributed by atoms with Gasteiger partial charge in [0.25, 0.3) is 0 Å². The van der Waals surface area contributed by atoms with E-state index in [1.165, 1.54) is 0 Å². The summed E-state index contributed by atoms with van der Waals surface area (Å²) in [4.78, 5) is 15.9. The number of ketones is 1. The number of hydrogen-bond acceptors (Lipinski definition) is 3. The molecule has 2 rings (SSSR count). The number of benzene rings is 1. The maximum absolute atomic E-state index is 11.6. The molecule has 1 aromatic carbocycles. The highest BCUT2D eigenvalue weighted by atomic mass is 16.1. The van der Waals surface area contributed by atoms with Crippen LogP contribution in [0.15, 0.2) is 36.5 Å². The molecule has 0 bridgehead atoms. The molecule has 1 heterocycles. The molecule has 0 aliphatic rings. The Morgan fingerprint density at radius 3 is 2.94 bits per heavy atom. The lowest BCUT2D eigenvalue weighted by Gasteiger charge is -2.04. The second-order valence-electron chi connectivity index (χ2n) is 4.02. The molecule has 18 heavy (non-hydrogen) atoms. The summed E-state index contributed by atoms with van der Waals surface area (Å²) in [5.74, 6) is -0.220. The standard InChI is InChI=1S/C13H14N4O/c14-13(15)17-8-11(18)6-9-5-10-3-1-2-4-12(10)16-7-9/h1-5,7H,6,8H2,(H4,14,15,17). The third kappa shape index (κ3) is 3.04. The fraction of sp³-hybridized carbons (Fsp3) is 0.154. The topological polar surface area (TPSA) is 91.9 Å². The second-order valence-corrected chi connectivity index (χ2v) is 4.02. The monoisotopic (exact) mass is 242 g/mol. The molecular weight excluding hydrogens is 228 g/mol. The Balaban J connectivity index is 2.07. The van der Waals surface area contributed by atoms with Crippen LogP contribution in [-0.2, 0) is 11.2 Å². The molecule has 0 unspecified atom stereocenters. The van der Waals surface area contributed by atoms with Gasteiger partial charge in [0, 0.05) is 18.0 Å². The Labute approximate surface area is 105 Å². The zero-order valence-electron chi connectivity index (χ0n) is 9.81. The van der Waals surface area contributed by atoms with Gasteiger partial charge in [0.05, 0.1) is 12.1 Å². The minimum atomic E-state index is -0.194. The van der Waals surface area contributed by atoms with Crippen molar-refractivity contribution >= 4 is 22.6 Å². The number of carbonyl (C=O) groups excluding carboxylic acids is 1. The Kier molecular flexibility index (Phi) is 3.52. The molecule has 5 heteroatoms. The number of fused-ring (bicyclic) bond motifs is 1. The molecule has 4 N–H and O–H groups in total. The highest BCUT2D eigenvalue weighted by Gasteiger charge is 2.05. The minimum absolute atomic E-state index is 0.0257. The zero-order chi connectivity index (χ0) is 13.0. The normalized spacial score (nSPS) is 10.2. The molecule has 5 nitrogen and oxygen atoms in total. The lowest BCUT2D eigenvalue weighted by Crippen LogP contribution is -2.35. The smallest absolute Gasteiger partial charge is 0.186 e. The van der Waals surface area contributed by atoms with Crippen LogP contribution in [0.3, 0.4) is 0 Å². The number of guanidine groups is 1. The largest absolute Gasteiger partial charge is 0.370 e. The summed E-state index contributed by atoms with van der Waals surface area (Å²) < 4.78 is 0. The number of hydrogen-bond donors (Lipinski definition) is 3. The first-order chi connectivity index (χ1) is 8.65. The van der Waals surface area contributed by atoms with Gasteiger partial charge in [-0.05, 0) is 17.7 Å². The molecule has 0 atom stereocenters. The van der Waals surface area contributed by atoms with Gasteiger partial charge in [-0.2, -0.15) is 0 Å². The third-order valence-corrected chi connectivity index (χ3v) is 2.52. The van der Waals surface area contributed by atoms with Crippen molar-refractivity contribution in [2.75, 3.05) is 6.54 Å². The Morgan fingerprint density at radius 1 is 1.39 bits per heavy atom. The number of carbonyl (C=O) groups is 1. The van der Waals surface area contributed by atoms with Gasteiger partial charge in [0.1, 0.15) is 0 Å². The van der Waals surface area contributed by atoms with Crippen LogP contribution >= 0.6 is 0 Å². The van der Waals surface area contributed by atoms with Crippen LogP contribution in [0.1, 0.15) is 5.56 Å². The average molecular weight is 242 g/mol. The van der Waals surface area contributed by atoms with Crippen LogP contribution in [0.5, 0.6) is 0 Å². The minimum Gasteiger partial charge on any atom is -0.370 e. The number of rotatable bonds is 4.